The molecule has 174 valence electrons. The second-order valence-electron chi connectivity index (χ2n) is 7.64. The van der Waals surface area contributed by atoms with Gasteiger partial charge in [0.2, 0.25) is 5.88 Å². The molecule has 0 saturated carbocycles. The first-order valence-electron chi connectivity index (χ1n) is 10.4. The maximum Gasteiger partial charge on any atom is 0.317 e. The van der Waals surface area contributed by atoms with Crippen molar-refractivity contribution in [2.24, 2.45) is 4.99 Å². The van der Waals surface area contributed by atoms with Gasteiger partial charge in [0.05, 0.1) is 20.6 Å². The summed E-state index contributed by atoms with van der Waals surface area (Å²) in [6, 6.07) is 19.6. The molecule has 0 amide bonds. The van der Waals surface area contributed by atoms with Crippen LogP contribution in [0.4, 0.5) is 5.69 Å². The number of aliphatic imine (C=N–C) groups is 1. The van der Waals surface area contributed by atoms with E-state index >= 15 is 0 Å². The number of hydrogen-bond acceptors (Lipinski definition) is 6. The van der Waals surface area contributed by atoms with E-state index < -0.39 is 16.7 Å². The lowest BCUT2D eigenvalue weighted by Crippen LogP contribution is -2.22. The molecule has 0 aliphatic carbocycles. The van der Waals surface area contributed by atoms with Gasteiger partial charge in [0.25, 0.3) is 5.91 Å². The van der Waals surface area contributed by atoms with Crippen LogP contribution in [0.5, 0.6) is 11.6 Å². The number of thiazole rings is 1. The van der Waals surface area contributed by atoms with E-state index in [9.17, 15) is 14.7 Å². The summed E-state index contributed by atoms with van der Waals surface area (Å²) in [6.45, 7) is 0.418. The fourth-order valence-corrected chi connectivity index (χ4v) is 4.68. The van der Waals surface area contributed by atoms with Crippen LogP contribution in [0.2, 0.25) is 10.0 Å². The van der Waals surface area contributed by atoms with Crippen molar-refractivity contribution in [2.45, 2.75) is 6.61 Å². The van der Waals surface area contributed by atoms with Crippen LogP contribution >= 0.6 is 34.5 Å². The number of fused-ring (bicyclic) bond motifs is 1. The van der Waals surface area contributed by atoms with Crippen LogP contribution in [0.1, 0.15) is 26.4 Å². The van der Waals surface area contributed by atoms with E-state index in [1.807, 2.05) is 48.5 Å². The van der Waals surface area contributed by atoms with Crippen molar-refractivity contribution in [3.63, 3.8) is 0 Å². The van der Waals surface area contributed by atoms with E-state index in [4.69, 9.17) is 27.9 Å². The van der Waals surface area contributed by atoms with Crippen molar-refractivity contribution in [1.82, 2.24) is 4.57 Å². The van der Waals surface area contributed by atoms with Crippen molar-refractivity contribution in [1.29, 1.82) is 0 Å². The summed E-state index contributed by atoms with van der Waals surface area (Å²) in [5.41, 5.74) is 3.37. The summed E-state index contributed by atoms with van der Waals surface area (Å²) in [5, 5.41) is 11.2. The molecule has 0 atom stereocenters. The van der Waals surface area contributed by atoms with E-state index in [0.717, 1.165) is 28.2 Å². The molecule has 6 nitrogen and oxygen atoms in total. The molecule has 1 aromatic heterocycles. The van der Waals surface area contributed by atoms with Crippen LogP contribution in [-0.4, -0.2) is 21.8 Å². The molecule has 2 heterocycles. The van der Waals surface area contributed by atoms with Crippen LogP contribution < -0.4 is 9.61 Å². The molecule has 1 aliphatic heterocycles. The van der Waals surface area contributed by atoms with Gasteiger partial charge in [-0.05, 0) is 48.0 Å². The Balaban J connectivity index is 1.43. The molecule has 0 fully saturated rings. The number of nitrogens with zero attached hydrogens (tertiary/aromatic N) is 2. The number of carbonyl (C=O) groups is 1. The highest BCUT2D eigenvalue weighted by Gasteiger charge is 2.22. The zero-order valence-corrected chi connectivity index (χ0v) is 20.3. The molecule has 0 bridgehead atoms. The lowest BCUT2D eigenvalue weighted by molar-refractivity contribution is 0.0948. The second-order valence-corrected chi connectivity index (χ2v) is 9.44. The zero-order valence-electron chi connectivity index (χ0n) is 17.9. The van der Waals surface area contributed by atoms with Gasteiger partial charge in [0, 0.05) is 22.9 Å². The molecular formula is C26H16Cl2N2O4S. The highest BCUT2D eigenvalue weighted by molar-refractivity contribution is 7.10. The molecule has 0 unspecified atom stereocenters. The number of carbonyl (C=O) groups excluding carboxylic acids is 1. The normalized spacial score (nSPS) is 13.3. The van der Waals surface area contributed by atoms with Crippen molar-refractivity contribution >= 4 is 64.0 Å². The fourth-order valence-electron chi connectivity index (χ4n) is 3.57. The van der Waals surface area contributed by atoms with Gasteiger partial charge in [-0.15, -0.1) is 0 Å². The van der Waals surface area contributed by atoms with Crippen molar-refractivity contribution in [2.75, 3.05) is 0 Å². The van der Waals surface area contributed by atoms with Crippen LogP contribution in [0.25, 0.3) is 11.6 Å². The minimum atomic E-state index is -0.705. The van der Waals surface area contributed by atoms with Crippen molar-refractivity contribution < 1.29 is 14.6 Å². The Labute approximate surface area is 214 Å². The maximum absolute atomic E-state index is 12.9. The summed E-state index contributed by atoms with van der Waals surface area (Å²) in [5.74, 6) is -0.500. The van der Waals surface area contributed by atoms with Crippen LogP contribution in [-0.2, 0) is 6.61 Å². The first-order chi connectivity index (χ1) is 16.9. The smallest absolute Gasteiger partial charge is 0.317 e. The Hall–Kier alpha value is -3.65. The largest absolute Gasteiger partial charge is 0.493 e. The summed E-state index contributed by atoms with van der Waals surface area (Å²) >= 11 is 12.7. The van der Waals surface area contributed by atoms with Gasteiger partial charge in [-0.25, -0.2) is 4.57 Å². The standard InChI is InChI=1S/C26H16Cl2N2O4S/c27-20-8-6-16(10-21(20)28)24(31)30-25(32)23(35-26(30)33)11-17-13-29-22-9-7-18(12-19(17)22)34-14-15-4-2-1-3-5-15/h1-13,32H,14H2. The summed E-state index contributed by atoms with van der Waals surface area (Å²) < 4.78 is 6.62. The third-order valence-electron chi connectivity index (χ3n) is 5.34. The molecule has 4 aromatic rings. The molecule has 0 radical (unpaired) electrons. The molecular weight excluding hydrogens is 507 g/mol. The van der Waals surface area contributed by atoms with E-state index in [1.165, 1.54) is 18.2 Å². The summed E-state index contributed by atoms with van der Waals surface area (Å²) in [6.07, 6.45) is 3.26. The minimum absolute atomic E-state index is 0.127. The van der Waals surface area contributed by atoms with Gasteiger partial charge < -0.3 is 9.84 Å². The predicted octanol–water partition coefficient (Wildman–Crippen LogP) is 6.45. The number of benzene rings is 3. The number of aromatic hydroxyl groups is 1. The predicted molar refractivity (Wildman–Crippen MR) is 140 cm³/mol. The van der Waals surface area contributed by atoms with Gasteiger partial charge in [-0.3, -0.25) is 14.6 Å². The Morgan fingerprint density at radius 1 is 1.06 bits per heavy atom. The highest BCUT2D eigenvalue weighted by atomic mass is 35.5. The highest BCUT2D eigenvalue weighted by Crippen LogP contribution is 2.37. The number of aromatic nitrogens is 1. The Morgan fingerprint density at radius 3 is 2.63 bits per heavy atom. The number of halogens is 2. The number of ether oxygens (including phenoxy) is 1. The molecule has 9 heteroatoms. The first kappa shape index (κ1) is 23.1. The molecule has 1 aliphatic rings. The molecule has 3 aromatic carbocycles. The lowest BCUT2D eigenvalue weighted by Gasteiger charge is -2.08. The SMILES string of the molecule is O=C(c1ccc(Cl)c(Cl)c1)n1c(O)c(C=C2C=Nc3ccc(OCc4ccccc4)cc32)sc1=O. The molecule has 5 rings (SSSR count). The van der Waals surface area contributed by atoms with Gasteiger partial charge in [0.15, 0.2) is 0 Å². The zero-order chi connectivity index (χ0) is 24.5. The Kier molecular flexibility index (Phi) is 6.30. The third kappa shape index (κ3) is 4.66. The van der Waals surface area contributed by atoms with Gasteiger partial charge in [-0.2, -0.15) is 0 Å². The fraction of sp³-hybridized carbons (Fsp3) is 0.0385. The molecule has 0 saturated heterocycles. The van der Waals surface area contributed by atoms with E-state index in [2.05, 4.69) is 4.99 Å². The topological polar surface area (TPSA) is 80.9 Å². The van der Waals surface area contributed by atoms with Gasteiger partial charge in [-0.1, -0.05) is 64.9 Å². The number of rotatable bonds is 5. The molecule has 1 N–H and O–H groups in total. The summed E-state index contributed by atoms with van der Waals surface area (Å²) in [7, 11) is 0. The monoisotopic (exact) mass is 522 g/mol. The first-order valence-corrected chi connectivity index (χ1v) is 12.0. The molecule has 0 spiro atoms. The average molecular weight is 523 g/mol. The van der Waals surface area contributed by atoms with E-state index in [-0.39, 0.29) is 20.5 Å². The van der Waals surface area contributed by atoms with Crippen LogP contribution in [0.15, 0.2) is 76.5 Å². The average Bonchev–Trinajstić information content (AvgIpc) is 3.39. The van der Waals surface area contributed by atoms with Crippen molar-refractivity contribution in [3.05, 3.63) is 108 Å². The Bertz CT molecular complexity index is 1570. The maximum atomic E-state index is 12.9. The number of allylic oxidation sites excluding steroid dienone is 1. The van der Waals surface area contributed by atoms with Gasteiger partial charge >= 0.3 is 4.87 Å². The Morgan fingerprint density at radius 2 is 1.86 bits per heavy atom. The molecule has 35 heavy (non-hydrogen) atoms. The van der Waals surface area contributed by atoms with E-state index in [0.29, 0.717) is 22.5 Å². The van der Waals surface area contributed by atoms with Gasteiger partial charge in [0.1, 0.15) is 12.4 Å². The minimum Gasteiger partial charge on any atom is -0.493 e. The van der Waals surface area contributed by atoms with Crippen molar-refractivity contribution in [3.8, 4) is 11.6 Å². The van der Waals surface area contributed by atoms with Crippen LogP contribution in [0, 0.1) is 0 Å². The van der Waals surface area contributed by atoms with Crippen LogP contribution in [0.3, 0.4) is 0 Å². The third-order valence-corrected chi connectivity index (χ3v) is 6.95. The summed E-state index contributed by atoms with van der Waals surface area (Å²) in [4.78, 5) is 29.5. The van der Waals surface area contributed by atoms with E-state index in [1.54, 1.807) is 12.3 Å². The quantitative estimate of drug-likeness (QED) is 0.326. The second kappa shape index (κ2) is 9.54. The lowest BCUT2D eigenvalue weighted by atomic mass is 10.1. The number of hydrogen-bond donors (Lipinski definition) is 1.